The van der Waals surface area contributed by atoms with Gasteiger partial charge in [-0.05, 0) is 75.6 Å². The molecular weight excluding hydrogens is 340 g/mol. The van der Waals surface area contributed by atoms with E-state index in [4.69, 9.17) is 4.74 Å². The number of carbonyl (C=O) groups excluding carboxylic acids is 2. The lowest BCUT2D eigenvalue weighted by Gasteiger charge is -2.17. The molecule has 2 aromatic rings. The summed E-state index contributed by atoms with van der Waals surface area (Å²) in [7, 11) is 0. The van der Waals surface area contributed by atoms with Gasteiger partial charge in [0.15, 0.2) is 6.10 Å². The summed E-state index contributed by atoms with van der Waals surface area (Å²) in [4.78, 5) is 24.5. The van der Waals surface area contributed by atoms with Gasteiger partial charge in [-0.2, -0.15) is 0 Å². The normalized spacial score (nSPS) is 12.8. The van der Waals surface area contributed by atoms with E-state index in [2.05, 4.69) is 10.6 Å². The second kappa shape index (κ2) is 9.21. The predicted molar refractivity (Wildman–Crippen MR) is 108 cm³/mol. The molecule has 0 aliphatic rings. The molecule has 0 aromatic heterocycles. The van der Waals surface area contributed by atoms with Crippen LogP contribution in [0, 0.1) is 13.8 Å². The third-order valence-electron chi connectivity index (χ3n) is 4.42. The summed E-state index contributed by atoms with van der Waals surface area (Å²) in [5, 5.41) is 5.73. The first-order chi connectivity index (χ1) is 12.8. The summed E-state index contributed by atoms with van der Waals surface area (Å²) in [5.74, 6) is 0.344. The third kappa shape index (κ3) is 5.84. The lowest BCUT2D eigenvalue weighted by molar-refractivity contribution is -0.122. The molecule has 5 heteroatoms. The zero-order valence-electron chi connectivity index (χ0n) is 16.6. The highest BCUT2D eigenvalue weighted by atomic mass is 16.5. The lowest BCUT2D eigenvalue weighted by atomic mass is 10.1. The van der Waals surface area contributed by atoms with Crippen molar-refractivity contribution >= 4 is 17.5 Å². The topological polar surface area (TPSA) is 67.4 Å². The van der Waals surface area contributed by atoms with Gasteiger partial charge < -0.3 is 15.4 Å². The van der Waals surface area contributed by atoms with Gasteiger partial charge in [-0.25, -0.2) is 0 Å². The smallest absolute Gasteiger partial charge is 0.265 e. The Balaban J connectivity index is 1.96. The van der Waals surface area contributed by atoms with Crippen LogP contribution in [-0.2, 0) is 4.79 Å². The van der Waals surface area contributed by atoms with E-state index in [1.54, 1.807) is 31.2 Å². The third-order valence-corrected chi connectivity index (χ3v) is 4.42. The molecule has 2 rings (SSSR count). The SMILES string of the molecule is CCC(C)NC(=O)c1ccc(NC(=O)C(C)Oc2cc(C)ccc2C)cc1. The first kappa shape index (κ1) is 20.5. The Labute approximate surface area is 161 Å². The molecule has 2 unspecified atom stereocenters. The van der Waals surface area contributed by atoms with Crippen LogP contribution < -0.4 is 15.4 Å². The number of anilines is 1. The number of hydrogen-bond acceptors (Lipinski definition) is 3. The minimum atomic E-state index is -0.640. The van der Waals surface area contributed by atoms with E-state index in [-0.39, 0.29) is 17.9 Å². The molecule has 0 heterocycles. The molecule has 2 amide bonds. The van der Waals surface area contributed by atoms with E-state index in [1.165, 1.54) is 0 Å². The van der Waals surface area contributed by atoms with Crippen molar-refractivity contribution in [2.45, 2.75) is 53.2 Å². The fourth-order valence-corrected chi connectivity index (χ4v) is 2.44. The van der Waals surface area contributed by atoms with Gasteiger partial charge in [-0.15, -0.1) is 0 Å². The molecule has 0 aliphatic heterocycles. The van der Waals surface area contributed by atoms with Crippen LogP contribution in [0.2, 0.25) is 0 Å². The molecule has 0 saturated carbocycles. The standard InChI is InChI=1S/C22H28N2O3/c1-6-16(4)23-22(26)18-9-11-19(12-10-18)24-21(25)17(5)27-20-13-14(2)7-8-15(20)3/h7-13,16-17H,6H2,1-5H3,(H,23,26)(H,24,25). The summed E-state index contributed by atoms with van der Waals surface area (Å²) in [5.41, 5.74) is 3.25. The zero-order valence-corrected chi connectivity index (χ0v) is 16.6. The van der Waals surface area contributed by atoms with Crippen LogP contribution in [0.3, 0.4) is 0 Å². The van der Waals surface area contributed by atoms with Crippen LogP contribution in [0.15, 0.2) is 42.5 Å². The average molecular weight is 368 g/mol. The molecule has 0 spiro atoms. The Kier molecular flexibility index (Phi) is 6.99. The maximum absolute atomic E-state index is 12.4. The molecule has 0 fully saturated rings. The summed E-state index contributed by atoms with van der Waals surface area (Å²) in [6.07, 6.45) is 0.233. The van der Waals surface area contributed by atoms with Crippen LogP contribution in [-0.4, -0.2) is 24.0 Å². The minimum absolute atomic E-state index is 0.117. The molecule has 2 aromatic carbocycles. The highest BCUT2D eigenvalue weighted by molar-refractivity contribution is 5.97. The van der Waals surface area contributed by atoms with Gasteiger partial charge in [0.25, 0.3) is 11.8 Å². The summed E-state index contributed by atoms with van der Waals surface area (Å²) in [6, 6.07) is 12.9. The van der Waals surface area contributed by atoms with Crippen molar-refractivity contribution in [2.75, 3.05) is 5.32 Å². The molecule has 5 nitrogen and oxygen atoms in total. The van der Waals surface area contributed by atoms with E-state index in [0.717, 1.165) is 17.5 Å². The van der Waals surface area contributed by atoms with E-state index >= 15 is 0 Å². The van der Waals surface area contributed by atoms with Crippen molar-refractivity contribution in [1.29, 1.82) is 0 Å². The fraction of sp³-hybridized carbons (Fsp3) is 0.364. The predicted octanol–water partition coefficient (Wildman–Crippen LogP) is 4.24. The number of nitrogens with one attached hydrogen (secondary N) is 2. The largest absolute Gasteiger partial charge is 0.481 e. The lowest BCUT2D eigenvalue weighted by Crippen LogP contribution is -2.32. The number of aryl methyl sites for hydroxylation is 2. The molecule has 0 saturated heterocycles. The molecule has 144 valence electrons. The van der Waals surface area contributed by atoms with Crippen molar-refractivity contribution in [3.8, 4) is 5.75 Å². The summed E-state index contributed by atoms with van der Waals surface area (Å²) in [6.45, 7) is 9.62. The number of carbonyl (C=O) groups is 2. The van der Waals surface area contributed by atoms with E-state index in [9.17, 15) is 9.59 Å². The van der Waals surface area contributed by atoms with Crippen molar-refractivity contribution in [3.05, 3.63) is 59.2 Å². The Bertz CT molecular complexity index is 800. The molecule has 2 atom stereocenters. The molecule has 0 bridgehead atoms. The second-order valence-corrected chi connectivity index (χ2v) is 6.88. The number of amides is 2. The number of hydrogen-bond donors (Lipinski definition) is 2. The molecule has 0 aliphatic carbocycles. The van der Waals surface area contributed by atoms with E-state index < -0.39 is 6.10 Å². The van der Waals surface area contributed by atoms with Crippen LogP contribution in [0.5, 0.6) is 5.75 Å². The van der Waals surface area contributed by atoms with Gasteiger partial charge in [0.05, 0.1) is 0 Å². The highest BCUT2D eigenvalue weighted by Gasteiger charge is 2.16. The summed E-state index contributed by atoms with van der Waals surface area (Å²) >= 11 is 0. The van der Waals surface area contributed by atoms with Gasteiger partial charge >= 0.3 is 0 Å². The molecule has 0 radical (unpaired) electrons. The van der Waals surface area contributed by atoms with Crippen molar-refractivity contribution in [3.63, 3.8) is 0 Å². The van der Waals surface area contributed by atoms with Gasteiger partial charge in [0.1, 0.15) is 5.75 Å². The second-order valence-electron chi connectivity index (χ2n) is 6.88. The monoisotopic (exact) mass is 368 g/mol. The Morgan fingerprint density at radius 1 is 1.04 bits per heavy atom. The van der Waals surface area contributed by atoms with Crippen LogP contribution >= 0.6 is 0 Å². The zero-order chi connectivity index (χ0) is 20.0. The Hall–Kier alpha value is -2.82. The average Bonchev–Trinajstić information content (AvgIpc) is 2.65. The van der Waals surface area contributed by atoms with Gasteiger partial charge in [0.2, 0.25) is 0 Å². The van der Waals surface area contributed by atoms with Crippen molar-refractivity contribution < 1.29 is 14.3 Å². The van der Waals surface area contributed by atoms with Crippen LogP contribution in [0.4, 0.5) is 5.69 Å². The fourth-order valence-electron chi connectivity index (χ4n) is 2.44. The van der Waals surface area contributed by atoms with Crippen molar-refractivity contribution in [1.82, 2.24) is 5.32 Å². The maximum atomic E-state index is 12.4. The first-order valence-corrected chi connectivity index (χ1v) is 9.25. The Morgan fingerprint density at radius 3 is 2.33 bits per heavy atom. The molecular formula is C22H28N2O3. The number of ether oxygens (including phenoxy) is 1. The number of benzene rings is 2. The minimum Gasteiger partial charge on any atom is -0.481 e. The van der Waals surface area contributed by atoms with Crippen LogP contribution in [0.25, 0.3) is 0 Å². The highest BCUT2D eigenvalue weighted by Crippen LogP contribution is 2.21. The van der Waals surface area contributed by atoms with Gasteiger partial charge in [0, 0.05) is 17.3 Å². The first-order valence-electron chi connectivity index (χ1n) is 9.25. The van der Waals surface area contributed by atoms with Crippen molar-refractivity contribution in [2.24, 2.45) is 0 Å². The van der Waals surface area contributed by atoms with Crippen LogP contribution in [0.1, 0.15) is 48.7 Å². The van der Waals surface area contributed by atoms with Gasteiger partial charge in [-0.1, -0.05) is 19.1 Å². The Morgan fingerprint density at radius 2 is 1.70 bits per heavy atom. The van der Waals surface area contributed by atoms with E-state index in [0.29, 0.717) is 17.0 Å². The maximum Gasteiger partial charge on any atom is 0.265 e. The molecule has 27 heavy (non-hydrogen) atoms. The molecule has 2 N–H and O–H groups in total. The van der Waals surface area contributed by atoms with E-state index in [1.807, 2.05) is 45.9 Å². The summed E-state index contributed by atoms with van der Waals surface area (Å²) < 4.78 is 5.80. The number of rotatable bonds is 7. The quantitative estimate of drug-likeness (QED) is 0.768. The van der Waals surface area contributed by atoms with Gasteiger partial charge in [-0.3, -0.25) is 9.59 Å².